The van der Waals surface area contributed by atoms with Crippen LogP contribution in [0.25, 0.3) is 22.0 Å². The molecule has 3 fully saturated rings. The van der Waals surface area contributed by atoms with Gasteiger partial charge < -0.3 is 15.2 Å². The summed E-state index contributed by atoms with van der Waals surface area (Å²) in [6.07, 6.45) is 16.8. The third-order valence-corrected chi connectivity index (χ3v) is 12.2. The van der Waals surface area contributed by atoms with E-state index < -0.39 is 0 Å². The molecule has 6 rings (SSSR count). The molecule has 3 aliphatic rings. The Balaban J connectivity index is 0.000000192. The molecule has 3 saturated carbocycles. The molecule has 4 heteroatoms. The number of benzene rings is 2. The number of aliphatic hydroxyl groups excluding tert-OH is 2. The Kier molecular flexibility index (Phi) is 12.1. The molecule has 2 N–H and O–H groups in total. The van der Waals surface area contributed by atoms with Gasteiger partial charge in [0.1, 0.15) is 0 Å². The number of fused-ring (bicyclic) bond motifs is 2. The summed E-state index contributed by atoms with van der Waals surface area (Å²) in [6, 6.07) is 20.3. The number of hydrogen-bond donors (Lipinski definition) is 2. The van der Waals surface area contributed by atoms with E-state index in [-0.39, 0.29) is 49.1 Å². The third kappa shape index (κ3) is 6.98. The number of aromatic nitrogens is 1. The maximum Gasteiger partial charge on any atom is 0.0651 e. The van der Waals surface area contributed by atoms with Crippen molar-refractivity contribution >= 4 is 10.8 Å². The molecule has 3 aromatic rings. The van der Waals surface area contributed by atoms with Crippen LogP contribution in [0.2, 0.25) is 0 Å². The van der Waals surface area contributed by atoms with Crippen molar-refractivity contribution in [3.8, 4) is 11.3 Å². The van der Waals surface area contributed by atoms with Crippen molar-refractivity contribution in [1.82, 2.24) is 4.98 Å². The van der Waals surface area contributed by atoms with Gasteiger partial charge in [-0.25, -0.2) is 0 Å². The van der Waals surface area contributed by atoms with Gasteiger partial charge in [-0.05, 0) is 109 Å². The van der Waals surface area contributed by atoms with E-state index >= 15 is 0 Å². The zero-order valence-corrected chi connectivity index (χ0v) is 29.3. The van der Waals surface area contributed by atoms with Crippen molar-refractivity contribution in [2.24, 2.45) is 22.7 Å². The molecule has 1 radical (unpaired) electrons. The summed E-state index contributed by atoms with van der Waals surface area (Å²) in [4.78, 5) is 4.57. The van der Waals surface area contributed by atoms with Crippen molar-refractivity contribution in [2.45, 2.75) is 129 Å². The summed E-state index contributed by atoms with van der Waals surface area (Å²) in [5.41, 5.74) is 3.64. The van der Waals surface area contributed by atoms with Crippen LogP contribution in [-0.4, -0.2) is 27.4 Å². The minimum Gasteiger partial charge on any atom is -0.392 e. The fraction of sp³-hybridized carbons (Fsp3) is 0.615. The monoisotopic (exact) mass is 761 g/mol. The van der Waals surface area contributed by atoms with Gasteiger partial charge in [0.15, 0.2) is 0 Å². The molecule has 1 aromatic heterocycles. The second-order valence-electron chi connectivity index (χ2n) is 13.7. The van der Waals surface area contributed by atoms with Gasteiger partial charge in [0.25, 0.3) is 0 Å². The molecule has 2 aromatic carbocycles. The van der Waals surface area contributed by atoms with Crippen LogP contribution in [0.3, 0.4) is 0 Å². The Hall–Kier alpha value is -1.58. The van der Waals surface area contributed by atoms with E-state index in [0.717, 1.165) is 55.7 Å². The second kappa shape index (κ2) is 15.1. The van der Waals surface area contributed by atoms with Gasteiger partial charge >= 0.3 is 0 Å². The first-order valence-electron chi connectivity index (χ1n) is 17.1. The molecular weight excluding hydrogens is 707 g/mol. The van der Waals surface area contributed by atoms with Crippen LogP contribution in [0.1, 0.15) is 123 Å². The van der Waals surface area contributed by atoms with Crippen molar-refractivity contribution in [3.05, 3.63) is 66.4 Å². The van der Waals surface area contributed by atoms with E-state index in [9.17, 15) is 10.2 Å². The molecular formula is C39H54IrNO2-. The topological polar surface area (TPSA) is 53.4 Å². The Morgan fingerprint density at radius 1 is 0.767 bits per heavy atom. The third-order valence-electron chi connectivity index (χ3n) is 12.2. The van der Waals surface area contributed by atoms with Crippen LogP contribution in [0.15, 0.2) is 54.7 Å². The van der Waals surface area contributed by atoms with Crippen LogP contribution in [0.4, 0.5) is 0 Å². The molecule has 0 aliphatic heterocycles. The largest absolute Gasteiger partial charge is 0.392 e. The Morgan fingerprint density at radius 3 is 2.07 bits per heavy atom. The minimum atomic E-state index is -0.326. The van der Waals surface area contributed by atoms with Gasteiger partial charge in [-0.15, -0.1) is 35.9 Å². The van der Waals surface area contributed by atoms with E-state index in [2.05, 4.69) is 69.1 Å². The summed E-state index contributed by atoms with van der Waals surface area (Å²) in [6.45, 7) is 8.86. The minimum absolute atomic E-state index is 0. The molecule has 3 nitrogen and oxygen atoms in total. The van der Waals surface area contributed by atoms with Gasteiger partial charge in [0.05, 0.1) is 12.2 Å². The number of hydrogen-bond acceptors (Lipinski definition) is 3. The van der Waals surface area contributed by atoms with Crippen LogP contribution in [0.5, 0.6) is 0 Å². The average molecular weight is 761 g/mol. The summed E-state index contributed by atoms with van der Waals surface area (Å²) >= 11 is 0. The van der Waals surface area contributed by atoms with Crippen molar-refractivity contribution < 1.29 is 30.3 Å². The fourth-order valence-electron chi connectivity index (χ4n) is 8.94. The standard InChI is InChI=1S/C20H18N.C19H36O2.Ir/c1-2-8-16(9-3-1)20-13-19-12-17(15-6-4-5-7-15)10-11-18(19)14-21-20;1-5-18(6-2)12-9-10-14-11-13-19(7-3,8-4)17(21)15(14)16(18)20;/h1-3,8,10-15H,4-7H2;14-17,20-21H,5-13H2,1-4H3;/q-1;;. The molecule has 237 valence electrons. The molecule has 0 bridgehead atoms. The van der Waals surface area contributed by atoms with Crippen LogP contribution < -0.4 is 0 Å². The summed E-state index contributed by atoms with van der Waals surface area (Å²) in [7, 11) is 0. The molecule has 1 heterocycles. The number of rotatable bonds is 6. The van der Waals surface area contributed by atoms with Gasteiger partial charge in [-0.2, -0.15) is 0 Å². The molecule has 43 heavy (non-hydrogen) atoms. The van der Waals surface area contributed by atoms with E-state index in [0.29, 0.717) is 5.92 Å². The fourth-order valence-corrected chi connectivity index (χ4v) is 8.94. The van der Waals surface area contributed by atoms with E-state index in [1.165, 1.54) is 61.3 Å². The number of nitrogens with zero attached hydrogens (tertiary/aromatic N) is 1. The SMILES string of the molecule is CCC1(CC)CCCC2CCC(CC)(CC)C(O)C2C1O.[Ir].[c-]1ccccc1-c1cc2cc(C3CCCC3)ccc2cn1. The normalized spacial score (nSPS) is 26.5. The molecule has 4 unspecified atom stereocenters. The van der Waals surface area contributed by atoms with Gasteiger partial charge in [-0.3, -0.25) is 0 Å². The van der Waals surface area contributed by atoms with Crippen LogP contribution in [-0.2, 0) is 20.1 Å². The van der Waals surface area contributed by atoms with E-state index in [1.54, 1.807) is 0 Å². The molecule has 0 saturated heterocycles. The quantitative estimate of drug-likeness (QED) is 0.246. The number of pyridine rings is 1. The molecule has 4 atom stereocenters. The predicted molar refractivity (Wildman–Crippen MR) is 175 cm³/mol. The number of aliphatic hydroxyl groups is 2. The van der Waals surface area contributed by atoms with E-state index in [1.807, 2.05) is 24.4 Å². The Labute approximate surface area is 274 Å². The maximum atomic E-state index is 11.2. The van der Waals surface area contributed by atoms with Crippen LogP contribution >= 0.6 is 0 Å². The molecule has 0 spiro atoms. The Morgan fingerprint density at radius 2 is 1.44 bits per heavy atom. The first-order valence-corrected chi connectivity index (χ1v) is 17.1. The van der Waals surface area contributed by atoms with Crippen molar-refractivity contribution in [3.63, 3.8) is 0 Å². The molecule has 3 aliphatic carbocycles. The van der Waals surface area contributed by atoms with Gasteiger partial charge in [0, 0.05) is 32.2 Å². The van der Waals surface area contributed by atoms with Crippen molar-refractivity contribution in [2.75, 3.05) is 0 Å². The first kappa shape index (κ1) is 34.3. The Bertz CT molecular complexity index is 1280. The molecule has 0 amide bonds. The summed E-state index contributed by atoms with van der Waals surface area (Å²) in [5.74, 6) is 1.39. The smallest absolute Gasteiger partial charge is 0.0651 e. The van der Waals surface area contributed by atoms with Crippen molar-refractivity contribution in [1.29, 1.82) is 0 Å². The zero-order chi connectivity index (χ0) is 29.7. The van der Waals surface area contributed by atoms with Gasteiger partial charge in [0.2, 0.25) is 0 Å². The first-order chi connectivity index (χ1) is 20.4. The summed E-state index contributed by atoms with van der Waals surface area (Å²) in [5, 5.41) is 24.9. The predicted octanol–water partition coefficient (Wildman–Crippen LogP) is 9.89. The van der Waals surface area contributed by atoms with Crippen LogP contribution in [0, 0.1) is 28.7 Å². The van der Waals surface area contributed by atoms with Gasteiger partial charge in [-0.1, -0.05) is 71.2 Å². The average Bonchev–Trinajstić information content (AvgIpc) is 3.54. The zero-order valence-electron chi connectivity index (χ0n) is 27.0. The second-order valence-corrected chi connectivity index (χ2v) is 13.7. The van der Waals surface area contributed by atoms with E-state index in [4.69, 9.17) is 0 Å². The maximum absolute atomic E-state index is 11.2. The summed E-state index contributed by atoms with van der Waals surface area (Å²) < 4.78 is 0.